The fraction of sp³-hybridized carbons (Fsp3) is 0.222. The summed E-state index contributed by atoms with van der Waals surface area (Å²) in [7, 11) is 3.32. The van der Waals surface area contributed by atoms with Crippen LogP contribution >= 0.6 is 0 Å². The van der Waals surface area contributed by atoms with Crippen LogP contribution in [-0.4, -0.2) is 29.4 Å². The molecule has 23 heavy (non-hydrogen) atoms. The maximum Gasteiger partial charge on any atom is 0.181 e. The van der Waals surface area contributed by atoms with Gasteiger partial charge in [0, 0.05) is 24.7 Å². The van der Waals surface area contributed by atoms with Gasteiger partial charge in [-0.25, -0.2) is 4.98 Å². The van der Waals surface area contributed by atoms with E-state index in [9.17, 15) is 0 Å². The summed E-state index contributed by atoms with van der Waals surface area (Å²) < 4.78 is 10.6. The SMILES string of the molecule is COCc1cc(-c2n[nH]c(Cc3ccccc3)n2)ccc1OC. The molecular weight excluding hydrogens is 290 g/mol. The Morgan fingerprint density at radius 2 is 1.87 bits per heavy atom. The number of H-pyrrole nitrogens is 1. The van der Waals surface area contributed by atoms with Crippen LogP contribution in [0.15, 0.2) is 48.5 Å². The summed E-state index contributed by atoms with van der Waals surface area (Å²) in [4.78, 5) is 4.58. The molecule has 0 fully saturated rings. The van der Waals surface area contributed by atoms with Gasteiger partial charge in [0.05, 0.1) is 13.7 Å². The molecule has 0 saturated carbocycles. The van der Waals surface area contributed by atoms with E-state index in [-0.39, 0.29) is 0 Å². The molecule has 0 spiro atoms. The Bertz CT molecular complexity index is 769. The highest BCUT2D eigenvalue weighted by Gasteiger charge is 2.10. The van der Waals surface area contributed by atoms with Crippen molar-refractivity contribution in [2.75, 3.05) is 14.2 Å². The summed E-state index contributed by atoms with van der Waals surface area (Å²) in [5, 5.41) is 7.33. The van der Waals surface area contributed by atoms with E-state index in [0.29, 0.717) is 12.4 Å². The Balaban J connectivity index is 1.84. The quantitative estimate of drug-likeness (QED) is 0.759. The van der Waals surface area contributed by atoms with E-state index in [1.54, 1.807) is 14.2 Å². The fourth-order valence-electron chi connectivity index (χ4n) is 2.48. The molecule has 3 aromatic rings. The lowest BCUT2D eigenvalue weighted by Gasteiger charge is -2.08. The summed E-state index contributed by atoms with van der Waals surface area (Å²) in [5.41, 5.74) is 3.11. The van der Waals surface area contributed by atoms with E-state index in [4.69, 9.17) is 9.47 Å². The minimum Gasteiger partial charge on any atom is -0.496 e. The summed E-state index contributed by atoms with van der Waals surface area (Å²) in [6.07, 6.45) is 0.731. The van der Waals surface area contributed by atoms with Crippen molar-refractivity contribution in [2.45, 2.75) is 13.0 Å². The van der Waals surface area contributed by atoms with Gasteiger partial charge in [-0.15, -0.1) is 0 Å². The van der Waals surface area contributed by atoms with Crippen LogP contribution in [0.4, 0.5) is 0 Å². The number of nitrogens with zero attached hydrogens (tertiary/aromatic N) is 2. The van der Waals surface area contributed by atoms with E-state index in [1.807, 2.05) is 36.4 Å². The first kappa shape index (κ1) is 15.2. The molecule has 1 aromatic heterocycles. The molecular formula is C18H19N3O2. The lowest BCUT2D eigenvalue weighted by molar-refractivity contribution is 0.181. The Morgan fingerprint density at radius 1 is 1.04 bits per heavy atom. The zero-order valence-electron chi connectivity index (χ0n) is 13.2. The van der Waals surface area contributed by atoms with Crippen LogP contribution in [0.2, 0.25) is 0 Å². The van der Waals surface area contributed by atoms with Gasteiger partial charge in [0.2, 0.25) is 0 Å². The molecule has 2 aromatic carbocycles. The minimum atomic E-state index is 0.484. The zero-order chi connectivity index (χ0) is 16.1. The van der Waals surface area contributed by atoms with Gasteiger partial charge < -0.3 is 9.47 Å². The van der Waals surface area contributed by atoms with Crippen molar-refractivity contribution in [1.82, 2.24) is 15.2 Å². The first-order valence-electron chi connectivity index (χ1n) is 7.41. The van der Waals surface area contributed by atoms with E-state index < -0.39 is 0 Å². The highest BCUT2D eigenvalue weighted by Crippen LogP contribution is 2.25. The molecule has 0 atom stereocenters. The number of aromatic nitrogens is 3. The number of hydrogen-bond donors (Lipinski definition) is 1. The molecule has 0 bridgehead atoms. The van der Waals surface area contributed by atoms with Gasteiger partial charge in [0.15, 0.2) is 5.82 Å². The van der Waals surface area contributed by atoms with Gasteiger partial charge in [-0.2, -0.15) is 5.10 Å². The lowest BCUT2D eigenvalue weighted by Crippen LogP contribution is -1.95. The van der Waals surface area contributed by atoms with Gasteiger partial charge in [-0.05, 0) is 23.8 Å². The molecule has 5 nitrogen and oxygen atoms in total. The van der Waals surface area contributed by atoms with Crippen molar-refractivity contribution in [2.24, 2.45) is 0 Å². The van der Waals surface area contributed by atoms with Crippen LogP contribution in [0, 0.1) is 0 Å². The maximum absolute atomic E-state index is 5.34. The summed E-state index contributed by atoms with van der Waals surface area (Å²) in [6.45, 7) is 0.484. The van der Waals surface area contributed by atoms with Crippen LogP contribution in [0.5, 0.6) is 5.75 Å². The van der Waals surface area contributed by atoms with Crippen molar-refractivity contribution in [3.05, 3.63) is 65.5 Å². The number of benzene rings is 2. The first-order valence-corrected chi connectivity index (χ1v) is 7.41. The smallest absolute Gasteiger partial charge is 0.181 e. The summed E-state index contributed by atoms with van der Waals surface area (Å²) in [6, 6.07) is 16.1. The van der Waals surface area contributed by atoms with Gasteiger partial charge in [-0.3, -0.25) is 5.10 Å². The molecule has 0 aliphatic heterocycles. The van der Waals surface area contributed by atoms with Crippen molar-refractivity contribution in [3.8, 4) is 17.1 Å². The monoisotopic (exact) mass is 309 g/mol. The average Bonchev–Trinajstić information content (AvgIpc) is 3.04. The molecule has 0 aliphatic rings. The summed E-state index contributed by atoms with van der Waals surface area (Å²) in [5.74, 6) is 2.32. The third-order valence-corrected chi connectivity index (χ3v) is 3.58. The normalized spacial score (nSPS) is 10.7. The van der Waals surface area contributed by atoms with Gasteiger partial charge in [-0.1, -0.05) is 30.3 Å². The highest BCUT2D eigenvalue weighted by molar-refractivity contribution is 5.58. The predicted octanol–water partition coefficient (Wildman–Crippen LogP) is 3.22. The Kier molecular flexibility index (Phi) is 4.68. The van der Waals surface area contributed by atoms with Gasteiger partial charge >= 0.3 is 0 Å². The van der Waals surface area contributed by atoms with Gasteiger partial charge in [0.25, 0.3) is 0 Å². The van der Waals surface area contributed by atoms with Crippen LogP contribution in [0.3, 0.4) is 0 Å². The van der Waals surface area contributed by atoms with E-state index in [1.165, 1.54) is 5.56 Å². The highest BCUT2D eigenvalue weighted by atomic mass is 16.5. The topological polar surface area (TPSA) is 60.0 Å². The first-order chi connectivity index (χ1) is 11.3. The molecule has 118 valence electrons. The Morgan fingerprint density at radius 3 is 2.61 bits per heavy atom. The molecule has 0 saturated heterocycles. The average molecular weight is 309 g/mol. The number of rotatable bonds is 6. The fourth-order valence-corrected chi connectivity index (χ4v) is 2.48. The second-order valence-electron chi connectivity index (χ2n) is 5.23. The lowest BCUT2D eigenvalue weighted by atomic mass is 10.1. The molecule has 5 heteroatoms. The standard InChI is InChI=1S/C18H19N3O2/c1-22-12-15-11-14(8-9-16(15)23-2)18-19-17(20-21-18)10-13-6-4-3-5-7-13/h3-9,11H,10,12H2,1-2H3,(H,19,20,21). The molecule has 1 heterocycles. The van der Waals surface area contributed by atoms with E-state index in [2.05, 4.69) is 27.3 Å². The molecule has 0 amide bonds. The number of nitrogens with one attached hydrogen (secondary N) is 1. The van der Waals surface area contributed by atoms with Crippen LogP contribution in [0.25, 0.3) is 11.4 Å². The molecule has 0 unspecified atom stereocenters. The Labute approximate surface area is 135 Å². The van der Waals surface area contributed by atoms with Crippen LogP contribution < -0.4 is 4.74 Å². The largest absolute Gasteiger partial charge is 0.496 e. The van der Waals surface area contributed by atoms with Crippen molar-refractivity contribution < 1.29 is 9.47 Å². The van der Waals surface area contributed by atoms with E-state index in [0.717, 1.165) is 29.1 Å². The second kappa shape index (κ2) is 7.07. The molecule has 0 radical (unpaired) electrons. The number of methoxy groups -OCH3 is 2. The third kappa shape index (κ3) is 3.57. The van der Waals surface area contributed by atoms with Gasteiger partial charge in [0.1, 0.15) is 11.6 Å². The van der Waals surface area contributed by atoms with Crippen molar-refractivity contribution in [3.63, 3.8) is 0 Å². The maximum atomic E-state index is 5.34. The summed E-state index contributed by atoms with van der Waals surface area (Å²) >= 11 is 0. The predicted molar refractivity (Wildman–Crippen MR) is 88.3 cm³/mol. The number of aromatic amines is 1. The van der Waals surface area contributed by atoms with Crippen molar-refractivity contribution >= 4 is 0 Å². The Hall–Kier alpha value is -2.66. The number of ether oxygens (including phenoxy) is 2. The van der Waals surface area contributed by atoms with Crippen molar-refractivity contribution in [1.29, 1.82) is 0 Å². The second-order valence-corrected chi connectivity index (χ2v) is 5.23. The zero-order valence-corrected chi connectivity index (χ0v) is 13.2. The molecule has 3 rings (SSSR count). The van der Waals surface area contributed by atoms with Crippen LogP contribution in [0.1, 0.15) is 17.0 Å². The third-order valence-electron chi connectivity index (χ3n) is 3.58. The minimum absolute atomic E-state index is 0.484. The number of hydrogen-bond acceptors (Lipinski definition) is 4. The molecule has 1 N–H and O–H groups in total. The van der Waals surface area contributed by atoms with Crippen LogP contribution in [-0.2, 0) is 17.8 Å². The van der Waals surface area contributed by atoms with E-state index >= 15 is 0 Å². The molecule has 0 aliphatic carbocycles.